The summed E-state index contributed by atoms with van der Waals surface area (Å²) in [5, 5.41) is 12.3. The first-order valence-corrected chi connectivity index (χ1v) is 10.6. The van der Waals surface area contributed by atoms with Crippen molar-refractivity contribution in [2.75, 3.05) is 5.73 Å². The fourth-order valence-electron chi connectivity index (χ4n) is 4.49. The highest BCUT2D eigenvalue weighted by Gasteiger charge is 2.29. The second-order valence-corrected chi connectivity index (χ2v) is 8.67. The standard InChI is InChI=1S/C22H23ClN6O/c23-17-9-16-3-1-14(8-18(16)25-10-17)7-15-5-13(6-15)2-4-19(30)29-12-28-20-21(24)26-11-27-22(20)29/h1,3,8-13,15,19,30H,2,4-7H2,(H2,24,26,27). The number of imidazole rings is 1. The van der Waals surface area contributed by atoms with Crippen LogP contribution in [0.4, 0.5) is 5.82 Å². The molecular weight excluding hydrogens is 400 g/mol. The number of aliphatic hydroxyl groups excluding tert-OH is 1. The summed E-state index contributed by atoms with van der Waals surface area (Å²) < 4.78 is 1.68. The molecule has 30 heavy (non-hydrogen) atoms. The summed E-state index contributed by atoms with van der Waals surface area (Å²) in [5.74, 6) is 1.68. The molecule has 1 saturated carbocycles. The van der Waals surface area contributed by atoms with Gasteiger partial charge in [-0.1, -0.05) is 23.7 Å². The minimum Gasteiger partial charge on any atom is -0.382 e. The third-order valence-corrected chi connectivity index (χ3v) is 6.32. The van der Waals surface area contributed by atoms with E-state index in [9.17, 15) is 5.11 Å². The van der Waals surface area contributed by atoms with Crippen LogP contribution in [-0.4, -0.2) is 29.6 Å². The van der Waals surface area contributed by atoms with Crippen molar-refractivity contribution in [3.63, 3.8) is 0 Å². The smallest absolute Gasteiger partial charge is 0.167 e. The zero-order chi connectivity index (χ0) is 20.7. The second-order valence-electron chi connectivity index (χ2n) is 8.23. The number of nitrogens with two attached hydrogens (primary N) is 1. The number of hydrogen-bond donors (Lipinski definition) is 2. The molecule has 1 atom stereocenters. The van der Waals surface area contributed by atoms with Gasteiger partial charge in [0.2, 0.25) is 0 Å². The average molecular weight is 423 g/mol. The summed E-state index contributed by atoms with van der Waals surface area (Å²) in [6, 6.07) is 8.39. The fraction of sp³-hybridized carbons (Fsp3) is 0.364. The zero-order valence-electron chi connectivity index (χ0n) is 16.4. The van der Waals surface area contributed by atoms with Crippen molar-refractivity contribution in [2.24, 2.45) is 11.8 Å². The molecule has 154 valence electrons. The van der Waals surface area contributed by atoms with E-state index in [-0.39, 0.29) is 0 Å². The molecule has 0 bridgehead atoms. The maximum atomic E-state index is 10.6. The number of aromatic nitrogens is 5. The van der Waals surface area contributed by atoms with Gasteiger partial charge >= 0.3 is 0 Å². The molecule has 1 aliphatic rings. The van der Waals surface area contributed by atoms with Crippen molar-refractivity contribution in [3.8, 4) is 0 Å². The van der Waals surface area contributed by atoms with Crippen molar-refractivity contribution in [3.05, 3.63) is 53.7 Å². The molecule has 0 aliphatic heterocycles. The number of fused-ring (bicyclic) bond motifs is 2. The maximum absolute atomic E-state index is 10.6. The van der Waals surface area contributed by atoms with Gasteiger partial charge in [0.1, 0.15) is 18.1 Å². The van der Waals surface area contributed by atoms with Crippen molar-refractivity contribution < 1.29 is 5.11 Å². The molecule has 0 radical (unpaired) electrons. The molecule has 1 unspecified atom stereocenters. The van der Waals surface area contributed by atoms with Gasteiger partial charge < -0.3 is 10.8 Å². The summed E-state index contributed by atoms with van der Waals surface area (Å²) in [6.45, 7) is 0. The lowest BCUT2D eigenvalue weighted by Crippen LogP contribution is -2.26. The summed E-state index contributed by atoms with van der Waals surface area (Å²) >= 11 is 6.01. The maximum Gasteiger partial charge on any atom is 0.167 e. The number of nitrogen functional groups attached to an aromatic ring is 1. The average Bonchev–Trinajstić information content (AvgIpc) is 3.15. The molecular formula is C22H23ClN6O. The van der Waals surface area contributed by atoms with Crippen LogP contribution in [0.3, 0.4) is 0 Å². The number of benzene rings is 1. The first-order valence-electron chi connectivity index (χ1n) is 10.2. The van der Waals surface area contributed by atoms with Crippen LogP contribution in [0.25, 0.3) is 22.1 Å². The summed E-state index contributed by atoms with van der Waals surface area (Å²) in [6.07, 6.45) is 9.15. The Morgan fingerprint density at radius 2 is 2.00 bits per heavy atom. The van der Waals surface area contributed by atoms with Gasteiger partial charge in [-0.25, -0.2) is 15.0 Å². The minimum absolute atomic E-state index is 0.333. The third-order valence-electron chi connectivity index (χ3n) is 6.11. The topological polar surface area (TPSA) is 103 Å². The second kappa shape index (κ2) is 7.81. The Morgan fingerprint density at radius 3 is 2.87 bits per heavy atom. The molecule has 1 aliphatic carbocycles. The molecule has 8 heteroatoms. The van der Waals surface area contributed by atoms with Crippen LogP contribution in [0.2, 0.25) is 5.02 Å². The van der Waals surface area contributed by atoms with Crippen molar-refractivity contribution >= 4 is 39.5 Å². The van der Waals surface area contributed by atoms with Crippen molar-refractivity contribution in [1.29, 1.82) is 0 Å². The molecule has 0 amide bonds. The number of hydrogen-bond acceptors (Lipinski definition) is 6. The van der Waals surface area contributed by atoms with E-state index in [4.69, 9.17) is 17.3 Å². The molecule has 1 aromatic carbocycles. The van der Waals surface area contributed by atoms with Crippen molar-refractivity contribution in [2.45, 2.75) is 38.3 Å². The largest absolute Gasteiger partial charge is 0.382 e. The monoisotopic (exact) mass is 422 g/mol. The van der Waals surface area contributed by atoms with Crippen LogP contribution < -0.4 is 5.73 Å². The van der Waals surface area contributed by atoms with E-state index in [1.807, 2.05) is 6.07 Å². The highest BCUT2D eigenvalue weighted by molar-refractivity contribution is 6.31. The van der Waals surface area contributed by atoms with Gasteiger partial charge in [0.15, 0.2) is 11.5 Å². The Hall–Kier alpha value is -2.77. The lowest BCUT2D eigenvalue weighted by molar-refractivity contribution is 0.0741. The molecule has 0 spiro atoms. The van der Waals surface area contributed by atoms with Gasteiger partial charge in [0, 0.05) is 11.6 Å². The molecule has 3 aromatic heterocycles. The van der Waals surface area contributed by atoms with Crippen LogP contribution in [0.15, 0.2) is 43.1 Å². The van der Waals surface area contributed by atoms with E-state index < -0.39 is 6.23 Å². The summed E-state index contributed by atoms with van der Waals surface area (Å²) in [5.41, 5.74) is 9.25. The Morgan fingerprint density at radius 1 is 1.13 bits per heavy atom. The predicted octanol–water partition coefficient (Wildman–Crippen LogP) is 4.15. The molecule has 7 nitrogen and oxygen atoms in total. The van der Waals surface area contributed by atoms with Crippen LogP contribution in [0.1, 0.15) is 37.5 Å². The molecule has 5 rings (SSSR count). The van der Waals surface area contributed by atoms with E-state index in [2.05, 4.69) is 38.1 Å². The highest BCUT2D eigenvalue weighted by Crippen LogP contribution is 2.40. The quantitative estimate of drug-likeness (QED) is 0.483. The van der Waals surface area contributed by atoms with E-state index in [1.165, 1.54) is 24.7 Å². The molecule has 3 heterocycles. The summed E-state index contributed by atoms with van der Waals surface area (Å²) in [7, 11) is 0. The SMILES string of the molecule is Nc1ncnc2c1ncn2C(O)CCC1CC(Cc2ccc3cc(Cl)cnc3c2)C1. The highest BCUT2D eigenvalue weighted by atomic mass is 35.5. The van der Waals surface area contributed by atoms with Gasteiger partial charge in [-0.3, -0.25) is 9.55 Å². The van der Waals surface area contributed by atoms with Gasteiger partial charge in [0.25, 0.3) is 0 Å². The van der Waals surface area contributed by atoms with Crippen molar-refractivity contribution in [1.82, 2.24) is 24.5 Å². The molecule has 0 saturated heterocycles. The zero-order valence-corrected chi connectivity index (χ0v) is 17.2. The third kappa shape index (κ3) is 3.70. The molecule has 3 N–H and O–H groups in total. The van der Waals surface area contributed by atoms with E-state index in [0.29, 0.717) is 40.3 Å². The Bertz CT molecular complexity index is 1200. The predicted molar refractivity (Wildman–Crippen MR) is 117 cm³/mol. The number of anilines is 1. The molecule has 1 fully saturated rings. The number of nitrogens with zero attached hydrogens (tertiary/aromatic N) is 5. The first-order chi connectivity index (χ1) is 14.6. The number of rotatable bonds is 6. The van der Waals surface area contributed by atoms with E-state index >= 15 is 0 Å². The fourth-order valence-corrected chi connectivity index (χ4v) is 4.65. The van der Waals surface area contributed by atoms with E-state index in [1.54, 1.807) is 17.1 Å². The lowest BCUT2D eigenvalue weighted by atomic mass is 9.70. The lowest BCUT2D eigenvalue weighted by Gasteiger charge is -2.36. The number of aliphatic hydroxyl groups is 1. The normalized spacial score (nSPS) is 19.8. The van der Waals surface area contributed by atoms with Crippen LogP contribution in [0.5, 0.6) is 0 Å². The Labute approximate surface area is 179 Å². The Balaban J connectivity index is 1.14. The van der Waals surface area contributed by atoms with Gasteiger partial charge in [-0.2, -0.15) is 0 Å². The first kappa shape index (κ1) is 19.2. The summed E-state index contributed by atoms with van der Waals surface area (Å²) in [4.78, 5) is 16.8. The minimum atomic E-state index is -0.651. The Kier molecular flexibility index (Phi) is 5.00. The number of halogens is 1. The number of pyridine rings is 1. The molecule has 4 aromatic rings. The van der Waals surface area contributed by atoms with Crippen LogP contribution in [-0.2, 0) is 6.42 Å². The van der Waals surface area contributed by atoms with Gasteiger partial charge in [-0.05, 0) is 61.6 Å². The van der Waals surface area contributed by atoms with Crippen LogP contribution >= 0.6 is 11.6 Å². The van der Waals surface area contributed by atoms with Gasteiger partial charge in [0.05, 0.1) is 16.9 Å². The van der Waals surface area contributed by atoms with Gasteiger partial charge in [-0.15, -0.1) is 0 Å². The van der Waals surface area contributed by atoms with E-state index in [0.717, 1.165) is 23.7 Å². The van der Waals surface area contributed by atoms with Crippen LogP contribution in [0, 0.1) is 11.8 Å².